The van der Waals surface area contributed by atoms with E-state index in [0.29, 0.717) is 43.2 Å². The van der Waals surface area contributed by atoms with Gasteiger partial charge < -0.3 is 20.1 Å². The Kier molecular flexibility index (Phi) is 7.39. The van der Waals surface area contributed by atoms with Crippen molar-refractivity contribution >= 4 is 11.8 Å². The van der Waals surface area contributed by atoms with E-state index in [9.17, 15) is 9.59 Å². The minimum Gasteiger partial charge on any atom is -0.493 e. The Labute approximate surface area is 198 Å². The van der Waals surface area contributed by atoms with Crippen molar-refractivity contribution in [1.29, 1.82) is 0 Å². The molecule has 8 nitrogen and oxygen atoms in total. The molecule has 0 unspecified atom stereocenters. The average Bonchev–Trinajstić information content (AvgIpc) is 2.88. The quantitative estimate of drug-likeness (QED) is 0.555. The molecule has 176 valence electrons. The number of benzene rings is 2. The molecule has 0 saturated carbocycles. The van der Waals surface area contributed by atoms with Crippen molar-refractivity contribution in [3.05, 3.63) is 89.7 Å². The van der Waals surface area contributed by atoms with Gasteiger partial charge in [0.2, 0.25) is 5.91 Å². The number of ether oxygens (including phenoxy) is 2. The topological polar surface area (TPSA) is 98.0 Å². The van der Waals surface area contributed by atoms with Gasteiger partial charge in [0.25, 0.3) is 5.91 Å². The standard InChI is InChI=1S/C26H28N4O4/c1-33-23-12-7-11-21(24(23)34-18-20-10-5-6-13-28-20)26(32)30-15-14-29(17-22(30)25(27)31)16-19-8-3-2-4-9-19/h2-13,22H,14-18H2,1H3,(H2,27,31)/t22-/m0/s1. The van der Waals surface area contributed by atoms with E-state index in [1.165, 1.54) is 12.0 Å². The normalized spacial score (nSPS) is 16.1. The molecule has 4 rings (SSSR count). The van der Waals surface area contributed by atoms with Gasteiger partial charge in [-0.3, -0.25) is 19.5 Å². The Morgan fingerprint density at radius 1 is 1.03 bits per heavy atom. The third kappa shape index (κ3) is 5.35. The Morgan fingerprint density at radius 3 is 2.53 bits per heavy atom. The summed E-state index contributed by atoms with van der Waals surface area (Å²) >= 11 is 0. The molecule has 2 heterocycles. The van der Waals surface area contributed by atoms with Crippen LogP contribution in [0.5, 0.6) is 11.5 Å². The minimum absolute atomic E-state index is 0.172. The van der Waals surface area contributed by atoms with E-state index >= 15 is 0 Å². The van der Waals surface area contributed by atoms with Crippen molar-refractivity contribution in [3.8, 4) is 11.5 Å². The van der Waals surface area contributed by atoms with Crippen LogP contribution in [0.25, 0.3) is 0 Å². The fourth-order valence-corrected chi connectivity index (χ4v) is 4.09. The maximum Gasteiger partial charge on any atom is 0.258 e. The monoisotopic (exact) mass is 460 g/mol. The third-order valence-corrected chi connectivity index (χ3v) is 5.82. The number of carbonyl (C=O) groups excluding carboxylic acids is 2. The summed E-state index contributed by atoms with van der Waals surface area (Å²) in [6, 6.07) is 19.9. The predicted molar refractivity (Wildman–Crippen MR) is 127 cm³/mol. The van der Waals surface area contributed by atoms with Gasteiger partial charge in [0.05, 0.1) is 18.4 Å². The predicted octanol–water partition coefficient (Wildman–Crippen LogP) is 2.48. The molecular formula is C26H28N4O4. The zero-order valence-corrected chi connectivity index (χ0v) is 19.1. The largest absolute Gasteiger partial charge is 0.493 e. The van der Waals surface area contributed by atoms with Crippen molar-refractivity contribution < 1.29 is 19.1 Å². The van der Waals surface area contributed by atoms with Crippen LogP contribution in [-0.4, -0.2) is 59.4 Å². The molecule has 1 saturated heterocycles. The number of aromatic nitrogens is 1. The van der Waals surface area contributed by atoms with Gasteiger partial charge in [0, 0.05) is 32.4 Å². The molecule has 2 amide bonds. The number of hydrogen-bond acceptors (Lipinski definition) is 6. The first kappa shape index (κ1) is 23.3. The summed E-state index contributed by atoms with van der Waals surface area (Å²) in [6.07, 6.45) is 1.68. The fourth-order valence-electron chi connectivity index (χ4n) is 4.09. The van der Waals surface area contributed by atoms with Gasteiger partial charge in [-0.2, -0.15) is 0 Å². The SMILES string of the molecule is COc1cccc(C(=O)N2CCN(Cc3ccccc3)C[C@H]2C(N)=O)c1OCc1ccccn1. The summed E-state index contributed by atoms with van der Waals surface area (Å²) in [5, 5.41) is 0. The van der Waals surface area contributed by atoms with Crippen LogP contribution in [0.15, 0.2) is 72.9 Å². The van der Waals surface area contributed by atoms with Crippen LogP contribution in [-0.2, 0) is 17.9 Å². The van der Waals surface area contributed by atoms with Gasteiger partial charge in [-0.05, 0) is 29.8 Å². The summed E-state index contributed by atoms with van der Waals surface area (Å²) in [7, 11) is 1.52. The number of nitrogens with two attached hydrogens (primary N) is 1. The third-order valence-electron chi connectivity index (χ3n) is 5.82. The lowest BCUT2D eigenvalue weighted by Gasteiger charge is -2.40. The highest BCUT2D eigenvalue weighted by Crippen LogP contribution is 2.33. The van der Waals surface area contributed by atoms with Crippen molar-refractivity contribution in [1.82, 2.24) is 14.8 Å². The van der Waals surface area contributed by atoms with E-state index in [2.05, 4.69) is 9.88 Å². The van der Waals surface area contributed by atoms with Crippen LogP contribution < -0.4 is 15.2 Å². The zero-order valence-electron chi connectivity index (χ0n) is 19.1. The molecule has 8 heteroatoms. The van der Waals surface area contributed by atoms with E-state index in [0.717, 1.165) is 11.3 Å². The van der Waals surface area contributed by atoms with Gasteiger partial charge in [-0.1, -0.05) is 42.5 Å². The summed E-state index contributed by atoms with van der Waals surface area (Å²) in [5.41, 5.74) is 7.91. The molecule has 34 heavy (non-hydrogen) atoms. The number of methoxy groups -OCH3 is 1. The zero-order chi connectivity index (χ0) is 23.9. The molecule has 1 aliphatic rings. The minimum atomic E-state index is -0.750. The lowest BCUT2D eigenvalue weighted by Crippen LogP contribution is -2.59. The van der Waals surface area contributed by atoms with Crippen molar-refractivity contribution in [2.45, 2.75) is 19.2 Å². The second-order valence-electron chi connectivity index (χ2n) is 8.08. The van der Waals surface area contributed by atoms with Gasteiger partial charge in [-0.25, -0.2) is 0 Å². The first-order valence-electron chi connectivity index (χ1n) is 11.1. The molecule has 2 N–H and O–H groups in total. The lowest BCUT2D eigenvalue weighted by atomic mass is 10.1. The second kappa shape index (κ2) is 10.8. The smallest absolute Gasteiger partial charge is 0.258 e. The van der Waals surface area contributed by atoms with Gasteiger partial charge in [0.15, 0.2) is 11.5 Å². The van der Waals surface area contributed by atoms with E-state index in [1.807, 2.05) is 48.5 Å². The highest BCUT2D eigenvalue weighted by molar-refractivity contribution is 6.00. The average molecular weight is 461 g/mol. The van der Waals surface area contributed by atoms with Crippen LogP contribution >= 0.6 is 0 Å². The summed E-state index contributed by atoms with van der Waals surface area (Å²) < 4.78 is 11.4. The highest BCUT2D eigenvalue weighted by atomic mass is 16.5. The molecule has 1 atom stereocenters. The lowest BCUT2D eigenvalue weighted by molar-refractivity contribution is -0.124. The highest BCUT2D eigenvalue weighted by Gasteiger charge is 2.36. The van der Waals surface area contributed by atoms with Crippen molar-refractivity contribution in [2.24, 2.45) is 5.73 Å². The molecular weight excluding hydrogens is 432 g/mol. The number of piperazine rings is 1. The summed E-state index contributed by atoms with van der Waals surface area (Å²) in [6.45, 7) is 2.22. The molecule has 0 aliphatic carbocycles. The maximum atomic E-state index is 13.6. The van der Waals surface area contributed by atoms with Crippen LogP contribution in [0.4, 0.5) is 0 Å². The van der Waals surface area contributed by atoms with Crippen molar-refractivity contribution in [3.63, 3.8) is 0 Å². The van der Waals surface area contributed by atoms with Crippen molar-refractivity contribution in [2.75, 3.05) is 26.7 Å². The van der Waals surface area contributed by atoms with Crippen LogP contribution in [0.2, 0.25) is 0 Å². The Morgan fingerprint density at radius 2 is 1.82 bits per heavy atom. The molecule has 0 spiro atoms. The Hall–Kier alpha value is -3.91. The second-order valence-corrected chi connectivity index (χ2v) is 8.08. The van der Waals surface area contributed by atoms with Gasteiger partial charge in [-0.15, -0.1) is 0 Å². The molecule has 0 radical (unpaired) electrons. The summed E-state index contributed by atoms with van der Waals surface area (Å²) in [4.78, 5) is 33.9. The molecule has 2 aromatic carbocycles. The van der Waals surface area contributed by atoms with E-state index < -0.39 is 11.9 Å². The first-order chi connectivity index (χ1) is 16.6. The molecule has 0 bridgehead atoms. The van der Waals surface area contributed by atoms with Crippen LogP contribution in [0.3, 0.4) is 0 Å². The molecule has 1 aromatic heterocycles. The fraction of sp³-hybridized carbons (Fsp3) is 0.269. The number of carbonyl (C=O) groups is 2. The van der Waals surface area contributed by atoms with Gasteiger partial charge in [0.1, 0.15) is 12.6 Å². The van der Waals surface area contributed by atoms with Crippen LogP contribution in [0.1, 0.15) is 21.6 Å². The van der Waals surface area contributed by atoms with E-state index in [4.69, 9.17) is 15.2 Å². The number of pyridine rings is 1. The number of primary amides is 1. The number of hydrogen-bond donors (Lipinski definition) is 1. The number of para-hydroxylation sites is 1. The Balaban J connectivity index is 1.54. The molecule has 1 fully saturated rings. The number of amides is 2. The van der Waals surface area contributed by atoms with E-state index in [1.54, 1.807) is 24.4 Å². The Bertz CT molecular complexity index is 1120. The van der Waals surface area contributed by atoms with E-state index in [-0.39, 0.29) is 12.5 Å². The van der Waals surface area contributed by atoms with Gasteiger partial charge >= 0.3 is 0 Å². The van der Waals surface area contributed by atoms with Crippen LogP contribution in [0, 0.1) is 0 Å². The molecule has 3 aromatic rings. The first-order valence-corrected chi connectivity index (χ1v) is 11.1. The molecule has 1 aliphatic heterocycles. The maximum absolute atomic E-state index is 13.6. The summed E-state index contributed by atoms with van der Waals surface area (Å²) in [5.74, 6) is -0.112. The number of nitrogens with zero attached hydrogens (tertiary/aromatic N) is 3. The number of rotatable bonds is 8.